The van der Waals surface area contributed by atoms with E-state index in [9.17, 15) is 4.79 Å². The van der Waals surface area contributed by atoms with Crippen LogP contribution >= 0.6 is 0 Å². The first-order valence-corrected chi connectivity index (χ1v) is 6.91. The van der Waals surface area contributed by atoms with Crippen molar-refractivity contribution >= 4 is 17.4 Å². The maximum Gasteiger partial charge on any atom is 0.223 e. The molecule has 104 valence electrons. The molecule has 0 atom stereocenters. The summed E-state index contributed by atoms with van der Waals surface area (Å²) in [5.74, 6) is 1.27. The van der Waals surface area contributed by atoms with Crippen LogP contribution < -0.4 is 16.4 Å². The second kappa shape index (κ2) is 6.41. The number of anilines is 2. The zero-order valence-corrected chi connectivity index (χ0v) is 11.4. The van der Waals surface area contributed by atoms with Crippen molar-refractivity contribution in [2.24, 2.45) is 5.92 Å². The van der Waals surface area contributed by atoms with Gasteiger partial charge in [0.25, 0.3) is 0 Å². The molecule has 1 saturated carbocycles. The van der Waals surface area contributed by atoms with E-state index in [-0.39, 0.29) is 5.91 Å². The lowest BCUT2D eigenvalue weighted by Gasteiger charge is -2.09. The Bertz CT molecular complexity index is 443. The van der Waals surface area contributed by atoms with Gasteiger partial charge in [-0.2, -0.15) is 0 Å². The summed E-state index contributed by atoms with van der Waals surface area (Å²) >= 11 is 0. The van der Waals surface area contributed by atoms with E-state index in [1.165, 1.54) is 0 Å². The van der Waals surface area contributed by atoms with Gasteiger partial charge in [-0.3, -0.25) is 4.79 Å². The molecule has 1 heterocycles. The summed E-state index contributed by atoms with van der Waals surface area (Å²) in [6.45, 7) is 3.52. The summed E-state index contributed by atoms with van der Waals surface area (Å²) < 4.78 is 0. The largest absolute Gasteiger partial charge is 0.396 e. The number of nitrogens with two attached hydrogens (primary N) is 1. The van der Waals surface area contributed by atoms with E-state index in [2.05, 4.69) is 15.6 Å². The topological polar surface area (TPSA) is 80.0 Å². The molecule has 1 aromatic heterocycles. The Labute approximate surface area is 114 Å². The molecular weight excluding hydrogens is 240 g/mol. The van der Waals surface area contributed by atoms with E-state index >= 15 is 0 Å². The highest BCUT2D eigenvalue weighted by molar-refractivity contribution is 5.80. The van der Waals surface area contributed by atoms with Gasteiger partial charge >= 0.3 is 0 Å². The van der Waals surface area contributed by atoms with Gasteiger partial charge in [0.1, 0.15) is 5.82 Å². The fraction of sp³-hybridized carbons (Fsp3) is 0.571. The minimum absolute atomic E-state index is 0.220. The normalized spacial score (nSPS) is 14.2. The molecule has 2 rings (SSSR count). The van der Waals surface area contributed by atoms with Crippen molar-refractivity contribution in [3.63, 3.8) is 0 Å². The Balaban J connectivity index is 1.58. The lowest BCUT2D eigenvalue weighted by molar-refractivity contribution is -0.122. The summed E-state index contributed by atoms with van der Waals surface area (Å²) in [6, 6.07) is 3.76. The van der Waals surface area contributed by atoms with E-state index < -0.39 is 0 Å². The van der Waals surface area contributed by atoms with E-state index in [0.29, 0.717) is 11.6 Å². The molecule has 5 nitrogen and oxygen atoms in total. The molecule has 0 saturated heterocycles. The summed E-state index contributed by atoms with van der Waals surface area (Å²) in [4.78, 5) is 15.7. The molecule has 1 aliphatic rings. The number of nitrogens with zero attached hydrogens (tertiary/aromatic N) is 1. The summed E-state index contributed by atoms with van der Waals surface area (Å²) in [6.07, 6.45) is 4.08. The highest BCUT2D eigenvalue weighted by Crippen LogP contribution is 2.28. The Morgan fingerprint density at radius 1 is 1.37 bits per heavy atom. The number of aryl methyl sites for hydroxylation is 1. The van der Waals surface area contributed by atoms with Crippen molar-refractivity contribution in [3.8, 4) is 0 Å². The van der Waals surface area contributed by atoms with Crippen LogP contribution in [0, 0.1) is 12.8 Å². The SMILES string of the molecule is Cc1ccc(N)c(NCCCCNC(=O)C2CC2)n1. The number of carbonyl (C=O) groups is 1. The number of amides is 1. The monoisotopic (exact) mass is 262 g/mol. The van der Waals surface area contributed by atoms with E-state index in [1.54, 1.807) is 0 Å². The van der Waals surface area contributed by atoms with Crippen molar-refractivity contribution in [1.82, 2.24) is 10.3 Å². The van der Waals surface area contributed by atoms with Gasteiger partial charge in [0.05, 0.1) is 5.69 Å². The second-order valence-corrected chi connectivity index (χ2v) is 5.09. The molecule has 0 spiro atoms. The fourth-order valence-electron chi connectivity index (χ4n) is 1.87. The Hall–Kier alpha value is -1.78. The van der Waals surface area contributed by atoms with Gasteiger partial charge in [-0.1, -0.05) is 0 Å². The van der Waals surface area contributed by atoms with Gasteiger partial charge in [-0.15, -0.1) is 0 Å². The highest BCUT2D eigenvalue weighted by atomic mass is 16.2. The Kier molecular flexibility index (Phi) is 4.60. The number of rotatable bonds is 7. The smallest absolute Gasteiger partial charge is 0.223 e. The van der Waals surface area contributed by atoms with E-state index in [1.807, 2.05) is 19.1 Å². The van der Waals surface area contributed by atoms with Gasteiger partial charge in [0, 0.05) is 24.7 Å². The molecule has 4 N–H and O–H groups in total. The molecule has 5 heteroatoms. The average Bonchev–Trinajstić information content (AvgIpc) is 3.21. The zero-order chi connectivity index (χ0) is 13.7. The molecule has 0 radical (unpaired) electrons. The van der Waals surface area contributed by atoms with Crippen LogP contribution in [0.15, 0.2) is 12.1 Å². The van der Waals surface area contributed by atoms with Gasteiger partial charge < -0.3 is 16.4 Å². The molecule has 0 unspecified atom stereocenters. The lowest BCUT2D eigenvalue weighted by atomic mass is 10.3. The van der Waals surface area contributed by atoms with Crippen molar-refractivity contribution in [3.05, 3.63) is 17.8 Å². The number of nitrogen functional groups attached to an aromatic ring is 1. The molecule has 1 fully saturated rings. The standard InChI is InChI=1S/C14H22N4O/c1-10-4-7-12(15)13(18-10)16-8-2-3-9-17-14(19)11-5-6-11/h4,7,11H,2-3,5-6,8-9,15H2,1H3,(H,16,18)(H,17,19). The molecule has 19 heavy (non-hydrogen) atoms. The number of unbranched alkanes of at least 4 members (excludes halogenated alkanes) is 1. The first-order chi connectivity index (χ1) is 9.16. The molecule has 1 amide bonds. The number of nitrogens with one attached hydrogen (secondary N) is 2. The average molecular weight is 262 g/mol. The summed E-state index contributed by atoms with van der Waals surface area (Å²) in [5, 5.41) is 6.18. The minimum Gasteiger partial charge on any atom is -0.396 e. The fourth-order valence-corrected chi connectivity index (χ4v) is 1.87. The third-order valence-electron chi connectivity index (χ3n) is 3.21. The first-order valence-electron chi connectivity index (χ1n) is 6.91. The van der Waals surface area contributed by atoms with Crippen molar-refractivity contribution in [1.29, 1.82) is 0 Å². The molecule has 1 aliphatic carbocycles. The highest BCUT2D eigenvalue weighted by Gasteiger charge is 2.28. The summed E-state index contributed by atoms with van der Waals surface area (Å²) in [5.41, 5.74) is 7.45. The van der Waals surface area contributed by atoms with Gasteiger partial charge in [-0.25, -0.2) is 4.98 Å². The van der Waals surface area contributed by atoms with Crippen molar-refractivity contribution in [2.75, 3.05) is 24.1 Å². The van der Waals surface area contributed by atoms with Crippen LogP contribution in [0.5, 0.6) is 0 Å². The number of pyridine rings is 1. The first kappa shape index (κ1) is 13.6. The Morgan fingerprint density at radius 3 is 2.84 bits per heavy atom. The van der Waals surface area contributed by atoms with Gasteiger partial charge in [0.2, 0.25) is 5.91 Å². The van der Waals surface area contributed by atoms with Crippen LogP contribution in [-0.4, -0.2) is 24.0 Å². The molecule has 0 bridgehead atoms. The Morgan fingerprint density at radius 2 is 2.11 bits per heavy atom. The second-order valence-electron chi connectivity index (χ2n) is 5.09. The van der Waals surface area contributed by atoms with Crippen LogP contribution in [-0.2, 0) is 4.79 Å². The minimum atomic E-state index is 0.220. The van der Waals surface area contributed by atoms with Crippen LogP contribution in [0.25, 0.3) is 0 Å². The quantitative estimate of drug-likeness (QED) is 0.653. The number of carbonyl (C=O) groups excluding carboxylic acids is 1. The van der Waals surface area contributed by atoms with E-state index in [4.69, 9.17) is 5.73 Å². The molecule has 1 aromatic rings. The summed E-state index contributed by atoms with van der Waals surface area (Å²) in [7, 11) is 0. The third kappa shape index (κ3) is 4.43. The van der Waals surface area contributed by atoms with Crippen molar-refractivity contribution in [2.45, 2.75) is 32.6 Å². The van der Waals surface area contributed by atoms with Gasteiger partial charge in [-0.05, 0) is 44.7 Å². The van der Waals surface area contributed by atoms with E-state index in [0.717, 1.165) is 50.3 Å². The third-order valence-corrected chi connectivity index (χ3v) is 3.21. The molecule has 0 aliphatic heterocycles. The van der Waals surface area contributed by atoms with Crippen LogP contribution in [0.4, 0.5) is 11.5 Å². The van der Waals surface area contributed by atoms with Crippen molar-refractivity contribution < 1.29 is 4.79 Å². The zero-order valence-electron chi connectivity index (χ0n) is 11.4. The maximum absolute atomic E-state index is 11.4. The van der Waals surface area contributed by atoms with Crippen LogP contribution in [0.2, 0.25) is 0 Å². The molecular formula is C14H22N4O. The number of aromatic nitrogens is 1. The predicted octanol–water partition coefficient (Wildman–Crippen LogP) is 1.69. The molecule has 0 aromatic carbocycles. The predicted molar refractivity (Wildman–Crippen MR) is 76.8 cm³/mol. The number of hydrogen-bond acceptors (Lipinski definition) is 4. The van der Waals surface area contributed by atoms with Gasteiger partial charge in [0.15, 0.2) is 0 Å². The maximum atomic E-state index is 11.4. The number of hydrogen-bond donors (Lipinski definition) is 3. The van der Waals surface area contributed by atoms with Crippen LogP contribution in [0.1, 0.15) is 31.4 Å². The van der Waals surface area contributed by atoms with Crippen LogP contribution in [0.3, 0.4) is 0 Å². The lowest BCUT2D eigenvalue weighted by Crippen LogP contribution is -2.26.